The average Bonchev–Trinajstić information content (AvgIpc) is 2.87. The van der Waals surface area contributed by atoms with E-state index in [-0.39, 0.29) is 17.2 Å². The van der Waals surface area contributed by atoms with Gasteiger partial charge >= 0.3 is 0 Å². The van der Waals surface area contributed by atoms with Crippen molar-refractivity contribution in [2.75, 3.05) is 0 Å². The van der Waals surface area contributed by atoms with Gasteiger partial charge in [0.2, 0.25) is 0 Å². The average molecular weight is 457 g/mol. The Bertz CT molecular complexity index is 1170. The van der Waals surface area contributed by atoms with Crippen LogP contribution in [0.15, 0.2) is 48.5 Å². The number of benzene rings is 3. The fourth-order valence-corrected chi connectivity index (χ4v) is 6.28. The molecule has 5 rings (SSSR count). The van der Waals surface area contributed by atoms with Crippen LogP contribution in [0.5, 0.6) is 17.2 Å². The Hall–Kier alpha value is -2.94. The molecule has 0 spiro atoms. The summed E-state index contributed by atoms with van der Waals surface area (Å²) in [6, 6.07) is 15.7. The quantitative estimate of drug-likeness (QED) is 0.368. The Morgan fingerprint density at radius 3 is 1.56 bits per heavy atom. The van der Waals surface area contributed by atoms with Crippen LogP contribution >= 0.6 is 0 Å². The molecule has 2 aliphatic rings. The molecule has 0 aromatic heterocycles. The predicted molar refractivity (Wildman–Crippen MR) is 139 cm³/mol. The van der Waals surface area contributed by atoms with E-state index in [0.29, 0.717) is 34.1 Å². The Morgan fingerprint density at radius 2 is 1.00 bits per heavy atom. The summed E-state index contributed by atoms with van der Waals surface area (Å²) in [6.07, 6.45) is 11.7. The number of hydrogen-bond donors (Lipinski definition) is 3. The smallest absolute Gasteiger partial charge is 0.131 e. The highest BCUT2D eigenvalue weighted by molar-refractivity contribution is 5.88. The van der Waals surface area contributed by atoms with Crippen molar-refractivity contribution in [2.24, 2.45) is 0 Å². The third-order valence-electron chi connectivity index (χ3n) is 8.17. The molecule has 3 aromatic carbocycles. The summed E-state index contributed by atoms with van der Waals surface area (Å²) in [4.78, 5) is 0. The van der Waals surface area contributed by atoms with Crippen LogP contribution in [0.25, 0.3) is 22.3 Å². The van der Waals surface area contributed by atoms with Gasteiger partial charge < -0.3 is 15.3 Å². The summed E-state index contributed by atoms with van der Waals surface area (Å²) in [7, 11) is 0. The molecule has 0 atom stereocenters. The largest absolute Gasteiger partial charge is 0.507 e. The fourth-order valence-electron chi connectivity index (χ4n) is 6.28. The van der Waals surface area contributed by atoms with Crippen molar-refractivity contribution in [3.05, 3.63) is 65.2 Å². The van der Waals surface area contributed by atoms with Gasteiger partial charge in [0.15, 0.2) is 0 Å². The van der Waals surface area contributed by atoms with Crippen molar-refractivity contribution in [3.8, 4) is 39.5 Å². The van der Waals surface area contributed by atoms with Gasteiger partial charge in [-0.15, -0.1) is 0 Å². The van der Waals surface area contributed by atoms with E-state index in [4.69, 9.17) is 0 Å². The lowest BCUT2D eigenvalue weighted by Gasteiger charge is -2.25. The third-order valence-corrected chi connectivity index (χ3v) is 8.17. The van der Waals surface area contributed by atoms with Crippen molar-refractivity contribution >= 4 is 0 Å². The maximum atomic E-state index is 11.5. The van der Waals surface area contributed by atoms with Crippen LogP contribution in [-0.4, -0.2) is 15.3 Å². The first-order valence-electron chi connectivity index (χ1n) is 13.0. The first kappa shape index (κ1) is 22.8. The Labute approximate surface area is 203 Å². The van der Waals surface area contributed by atoms with Crippen LogP contribution in [0.4, 0.5) is 0 Å². The molecule has 178 valence electrons. The molecule has 0 bridgehead atoms. The van der Waals surface area contributed by atoms with Gasteiger partial charge in [-0.3, -0.25) is 0 Å². The summed E-state index contributed by atoms with van der Waals surface area (Å²) < 4.78 is 0. The summed E-state index contributed by atoms with van der Waals surface area (Å²) in [5.41, 5.74) is 5.46. The highest BCUT2D eigenvalue weighted by Gasteiger charge is 2.25. The van der Waals surface area contributed by atoms with E-state index in [9.17, 15) is 15.3 Å². The normalized spacial score (nSPS) is 17.7. The molecule has 2 fully saturated rings. The van der Waals surface area contributed by atoms with Crippen molar-refractivity contribution in [1.82, 2.24) is 0 Å². The number of phenolic OH excluding ortho intramolecular Hbond substituents is 3. The van der Waals surface area contributed by atoms with Crippen LogP contribution < -0.4 is 0 Å². The molecule has 2 saturated carbocycles. The van der Waals surface area contributed by atoms with Crippen molar-refractivity contribution < 1.29 is 15.3 Å². The van der Waals surface area contributed by atoms with Gasteiger partial charge in [0.25, 0.3) is 0 Å². The third kappa shape index (κ3) is 4.17. The van der Waals surface area contributed by atoms with E-state index >= 15 is 0 Å². The Kier molecular flexibility index (Phi) is 6.54. The molecule has 0 unspecified atom stereocenters. The maximum absolute atomic E-state index is 11.5. The minimum atomic E-state index is 0.118. The van der Waals surface area contributed by atoms with E-state index in [2.05, 4.69) is 0 Å². The first-order chi connectivity index (χ1) is 16.6. The minimum absolute atomic E-state index is 0.118. The molecule has 3 heteroatoms. The molecule has 3 aromatic rings. The standard InChI is InChI=1S/C31H36O3/c1-20-18-19-26(25-16-8-14-23(29(25)32)21-10-4-2-5-11-21)31(34)28(20)27-17-9-15-24(30(27)33)22-12-6-3-7-13-22/h8-9,14-19,21-22,32-34H,2-7,10-13H2,1H3. The molecule has 3 N–H and O–H groups in total. The second-order valence-electron chi connectivity index (χ2n) is 10.3. The number of aromatic hydroxyl groups is 3. The van der Waals surface area contributed by atoms with Gasteiger partial charge in [-0.25, -0.2) is 0 Å². The van der Waals surface area contributed by atoms with Gasteiger partial charge in [-0.1, -0.05) is 87.1 Å². The van der Waals surface area contributed by atoms with Crippen LogP contribution in [0, 0.1) is 6.92 Å². The van der Waals surface area contributed by atoms with Crippen LogP contribution in [0.3, 0.4) is 0 Å². The molecule has 0 amide bonds. The van der Waals surface area contributed by atoms with Crippen molar-refractivity contribution in [3.63, 3.8) is 0 Å². The second kappa shape index (κ2) is 9.74. The summed E-state index contributed by atoms with van der Waals surface area (Å²) in [6.45, 7) is 1.96. The minimum Gasteiger partial charge on any atom is -0.507 e. The molecule has 2 aliphatic carbocycles. The molecule has 0 heterocycles. The molecule has 0 aliphatic heterocycles. The molecule has 3 nitrogen and oxygen atoms in total. The zero-order chi connectivity index (χ0) is 23.7. The Morgan fingerprint density at radius 1 is 0.529 bits per heavy atom. The van der Waals surface area contributed by atoms with Gasteiger partial charge in [-0.05, 0) is 61.1 Å². The molecule has 0 saturated heterocycles. The van der Waals surface area contributed by atoms with Crippen LogP contribution in [-0.2, 0) is 0 Å². The van der Waals surface area contributed by atoms with Crippen molar-refractivity contribution in [1.29, 1.82) is 0 Å². The van der Waals surface area contributed by atoms with Gasteiger partial charge in [0.1, 0.15) is 17.2 Å². The maximum Gasteiger partial charge on any atom is 0.131 e. The van der Waals surface area contributed by atoms with Gasteiger partial charge in [-0.2, -0.15) is 0 Å². The zero-order valence-electron chi connectivity index (χ0n) is 20.2. The van der Waals surface area contributed by atoms with E-state index in [1.165, 1.54) is 38.5 Å². The van der Waals surface area contributed by atoms with Gasteiger partial charge in [0, 0.05) is 22.3 Å². The van der Waals surface area contributed by atoms with E-state index in [1.807, 2.05) is 55.5 Å². The fraction of sp³-hybridized carbons (Fsp3) is 0.419. The Balaban J connectivity index is 1.59. The van der Waals surface area contributed by atoms with Crippen LogP contribution in [0.1, 0.15) is 92.7 Å². The summed E-state index contributed by atoms with van der Waals surface area (Å²) >= 11 is 0. The SMILES string of the molecule is Cc1ccc(-c2cccc(C3CCCCC3)c2O)c(O)c1-c1cccc(C2CCCCC2)c1O. The first-order valence-corrected chi connectivity index (χ1v) is 13.0. The number of aryl methyl sites for hydroxylation is 1. The lowest BCUT2D eigenvalue weighted by molar-refractivity contribution is 0.414. The van der Waals surface area contributed by atoms with E-state index in [0.717, 1.165) is 42.4 Å². The summed E-state index contributed by atoms with van der Waals surface area (Å²) in [5.74, 6) is 1.42. The highest BCUT2D eigenvalue weighted by Crippen LogP contribution is 2.49. The topological polar surface area (TPSA) is 60.7 Å². The molecular formula is C31H36O3. The lowest BCUT2D eigenvalue weighted by Crippen LogP contribution is -2.05. The number of phenols is 3. The molecular weight excluding hydrogens is 420 g/mol. The predicted octanol–water partition coefficient (Wildman–Crippen LogP) is 8.54. The van der Waals surface area contributed by atoms with E-state index < -0.39 is 0 Å². The van der Waals surface area contributed by atoms with E-state index in [1.54, 1.807) is 0 Å². The molecule has 0 radical (unpaired) electrons. The monoisotopic (exact) mass is 456 g/mol. The highest BCUT2D eigenvalue weighted by atomic mass is 16.3. The lowest BCUT2D eigenvalue weighted by atomic mass is 9.81. The number of para-hydroxylation sites is 2. The van der Waals surface area contributed by atoms with Gasteiger partial charge in [0.05, 0.1) is 0 Å². The molecule has 34 heavy (non-hydrogen) atoms. The van der Waals surface area contributed by atoms with Crippen LogP contribution in [0.2, 0.25) is 0 Å². The zero-order valence-corrected chi connectivity index (χ0v) is 20.2. The number of rotatable bonds is 4. The number of hydrogen-bond acceptors (Lipinski definition) is 3. The summed E-state index contributed by atoms with van der Waals surface area (Å²) in [5, 5.41) is 34.1. The second-order valence-corrected chi connectivity index (χ2v) is 10.3. The van der Waals surface area contributed by atoms with Crippen molar-refractivity contribution in [2.45, 2.75) is 83.0 Å².